The molecule has 0 aliphatic rings. The number of sulfonamides is 1. The Bertz CT molecular complexity index is 472. The Labute approximate surface area is 121 Å². The van der Waals surface area contributed by atoms with Gasteiger partial charge in [0.15, 0.2) is 0 Å². The highest BCUT2D eigenvalue weighted by atomic mass is 32.2. The van der Waals surface area contributed by atoms with Crippen molar-refractivity contribution in [1.29, 1.82) is 0 Å². The highest BCUT2D eigenvalue weighted by Crippen LogP contribution is 2.16. The number of ether oxygens (including phenoxy) is 1. The molecular formula is C14H24N2O3S. The van der Waals surface area contributed by atoms with Gasteiger partial charge in [-0.3, -0.25) is 0 Å². The van der Waals surface area contributed by atoms with Gasteiger partial charge in [-0.15, -0.1) is 0 Å². The summed E-state index contributed by atoms with van der Waals surface area (Å²) in [7, 11) is -1.50. The summed E-state index contributed by atoms with van der Waals surface area (Å²) < 4.78 is 32.0. The summed E-state index contributed by atoms with van der Waals surface area (Å²) in [5.41, 5.74) is 0. The SMILES string of the molecule is CCCCNS(=O)(=O)c1ccc(OCCCNC)cc1. The molecule has 1 aromatic carbocycles. The predicted octanol–water partition coefficient (Wildman–Crippen LogP) is 1.75. The van der Waals surface area contributed by atoms with Crippen molar-refractivity contribution < 1.29 is 13.2 Å². The van der Waals surface area contributed by atoms with Crippen molar-refractivity contribution in [3.63, 3.8) is 0 Å². The summed E-state index contributed by atoms with van der Waals surface area (Å²) in [5.74, 6) is 0.689. The molecule has 0 fully saturated rings. The summed E-state index contributed by atoms with van der Waals surface area (Å²) in [6, 6.07) is 6.52. The summed E-state index contributed by atoms with van der Waals surface area (Å²) in [6.45, 7) is 4.01. The zero-order valence-corrected chi connectivity index (χ0v) is 13.0. The van der Waals surface area contributed by atoms with Crippen LogP contribution in [0.5, 0.6) is 5.75 Å². The maximum absolute atomic E-state index is 12.0. The third-order valence-electron chi connectivity index (χ3n) is 2.80. The second-order valence-corrected chi connectivity index (χ2v) is 6.30. The molecular weight excluding hydrogens is 276 g/mol. The second kappa shape index (κ2) is 8.94. The molecule has 5 nitrogen and oxygen atoms in total. The molecule has 0 spiro atoms. The Hall–Kier alpha value is -1.11. The van der Waals surface area contributed by atoms with E-state index in [-0.39, 0.29) is 4.90 Å². The van der Waals surface area contributed by atoms with Crippen LogP contribution in [0.25, 0.3) is 0 Å². The first-order valence-corrected chi connectivity index (χ1v) is 8.45. The van der Waals surface area contributed by atoms with Crippen LogP contribution in [0.15, 0.2) is 29.2 Å². The lowest BCUT2D eigenvalue weighted by Crippen LogP contribution is -2.24. The fraction of sp³-hybridized carbons (Fsp3) is 0.571. The molecule has 6 heteroatoms. The van der Waals surface area contributed by atoms with Crippen LogP contribution in [0, 0.1) is 0 Å². The Morgan fingerprint density at radius 1 is 1.10 bits per heavy atom. The molecule has 0 aromatic heterocycles. The van der Waals surface area contributed by atoms with Gasteiger partial charge >= 0.3 is 0 Å². The van der Waals surface area contributed by atoms with Gasteiger partial charge in [0.1, 0.15) is 5.75 Å². The van der Waals surface area contributed by atoms with Crippen molar-refractivity contribution in [2.24, 2.45) is 0 Å². The zero-order valence-electron chi connectivity index (χ0n) is 12.2. The Morgan fingerprint density at radius 3 is 2.40 bits per heavy atom. The minimum Gasteiger partial charge on any atom is -0.494 e. The molecule has 0 saturated heterocycles. The summed E-state index contributed by atoms with van der Waals surface area (Å²) in [5, 5.41) is 3.04. The molecule has 20 heavy (non-hydrogen) atoms. The van der Waals surface area contributed by atoms with Gasteiger partial charge in [0.2, 0.25) is 10.0 Å². The largest absolute Gasteiger partial charge is 0.494 e. The quantitative estimate of drug-likeness (QED) is 0.646. The summed E-state index contributed by atoms with van der Waals surface area (Å²) in [4.78, 5) is 0.274. The third kappa shape index (κ3) is 5.90. The van der Waals surface area contributed by atoms with Crippen LogP contribution in [0.4, 0.5) is 0 Å². The molecule has 0 amide bonds. The molecule has 1 rings (SSSR count). The number of rotatable bonds is 10. The molecule has 0 atom stereocenters. The Kier molecular flexibility index (Phi) is 7.58. The highest BCUT2D eigenvalue weighted by molar-refractivity contribution is 7.89. The molecule has 0 heterocycles. The maximum atomic E-state index is 12.0. The van der Waals surface area contributed by atoms with E-state index in [0.717, 1.165) is 25.8 Å². The molecule has 0 bridgehead atoms. The van der Waals surface area contributed by atoms with E-state index in [0.29, 0.717) is 18.9 Å². The highest BCUT2D eigenvalue weighted by Gasteiger charge is 2.12. The lowest BCUT2D eigenvalue weighted by molar-refractivity contribution is 0.309. The lowest BCUT2D eigenvalue weighted by Gasteiger charge is -2.08. The van der Waals surface area contributed by atoms with Gasteiger partial charge in [-0.2, -0.15) is 0 Å². The van der Waals surface area contributed by atoms with Crippen LogP contribution in [0.3, 0.4) is 0 Å². The van der Waals surface area contributed by atoms with Crippen LogP contribution in [0.1, 0.15) is 26.2 Å². The predicted molar refractivity (Wildman–Crippen MR) is 80.6 cm³/mol. The van der Waals surface area contributed by atoms with E-state index in [4.69, 9.17) is 4.74 Å². The van der Waals surface area contributed by atoms with Gasteiger partial charge in [0.25, 0.3) is 0 Å². The zero-order chi connectivity index (χ0) is 14.8. The van der Waals surface area contributed by atoms with Crippen LogP contribution >= 0.6 is 0 Å². The maximum Gasteiger partial charge on any atom is 0.240 e. The fourth-order valence-electron chi connectivity index (χ4n) is 1.62. The second-order valence-electron chi connectivity index (χ2n) is 4.53. The number of hydrogen-bond donors (Lipinski definition) is 2. The van der Waals surface area contributed by atoms with Crippen molar-refractivity contribution in [2.75, 3.05) is 26.7 Å². The van der Waals surface area contributed by atoms with Gasteiger partial charge in [0, 0.05) is 6.54 Å². The first kappa shape index (κ1) is 16.9. The lowest BCUT2D eigenvalue weighted by atomic mass is 10.3. The van der Waals surface area contributed by atoms with Crippen molar-refractivity contribution in [3.05, 3.63) is 24.3 Å². The van der Waals surface area contributed by atoms with E-state index < -0.39 is 10.0 Å². The van der Waals surface area contributed by atoms with Gasteiger partial charge in [-0.05, 0) is 50.7 Å². The third-order valence-corrected chi connectivity index (χ3v) is 4.27. The van der Waals surface area contributed by atoms with Gasteiger partial charge < -0.3 is 10.1 Å². The first-order valence-electron chi connectivity index (χ1n) is 6.97. The fourth-order valence-corrected chi connectivity index (χ4v) is 2.69. The number of nitrogens with one attached hydrogen (secondary N) is 2. The normalized spacial score (nSPS) is 11.5. The van der Waals surface area contributed by atoms with E-state index >= 15 is 0 Å². The molecule has 0 aliphatic heterocycles. The number of hydrogen-bond acceptors (Lipinski definition) is 4. The van der Waals surface area contributed by atoms with Crippen molar-refractivity contribution in [2.45, 2.75) is 31.1 Å². The molecule has 1 aromatic rings. The minimum atomic E-state index is -3.39. The molecule has 2 N–H and O–H groups in total. The molecule has 0 radical (unpaired) electrons. The smallest absolute Gasteiger partial charge is 0.240 e. The van der Waals surface area contributed by atoms with E-state index in [1.54, 1.807) is 24.3 Å². The van der Waals surface area contributed by atoms with Gasteiger partial charge in [0.05, 0.1) is 11.5 Å². The average Bonchev–Trinajstić information content (AvgIpc) is 2.44. The van der Waals surface area contributed by atoms with Crippen LogP contribution < -0.4 is 14.8 Å². The molecule has 114 valence electrons. The number of benzene rings is 1. The molecule has 0 unspecified atom stereocenters. The topological polar surface area (TPSA) is 67.4 Å². The van der Waals surface area contributed by atoms with Crippen molar-refractivity contribution in [1.82, 2.24) is 10.0 Å². The standard InChI is InChI=1S/C14H24N2O3S/c1-3-4-11-16-20(17,18)14-8-6-13(7-9-14)19-12-5-10-15-2/h6-9,15-16H,3-5,10-12H2,1-2H3. The van der Waals surface area contributed by atoms with Gasteiger partial charge in [-0.25, -0.2) is 13.1 Å². The summed E-state index contributed by atoms with van der Waals surface area (Å²) >= 11 is 0. The van der Waals surface area contributed by atoms with Crippen molar-refractivity contribution in [3.8, 4) is 5.75 Å². The first-order chi connectivity index (χ1) is 9.60. The van der Waals surface area contributed by atoms with Crippen LogP contribution in [0.2, 0.25) is 0 Å². The van der Waals surface area contributed by atoms with Crippen LogP contribution in [-0.4, -0.2) is 35.2 Å². The Balaban J connectivity index is 2.52. The van der Waals surface area contributed by atoms with E-state index in [1.165, 1.54) is 0 Å². The van der Waals surface area contributed by atoms with E-state index in [2.05, 4.69) is 10.0 Å². The number of unbranched alkanes of at least 4 members (excludes halogenated alkanes) is 1. The van der Waals surface area contributed by atoms with Gasteiger partial charge in [-0.1, -0.05) is 13.3 Å². The Morgan fingerprint density at radius 2 is 1.80 bits per heavy atom. The van der Waals surface area contributed by atoms with Crippen molar-refractivity contribution >= 4 is 10.0 Å². The average molecular weight is 300 g/mol. The van der Waals surface area contributed by atoms with Crippen LogP contribution in [-0.2, 0) is 10.0 Å². The van der Waals surface area contributed by atoms with E-state index in [9.17, 15) is 8.42 Å². The monoisotopic (exact) mass is 300 g/mol. The summed E-state index contributed by atoms with van der Waals surface area (Å²) in [6.07, 6.45) is 2.71. The molecule has 0 saturated carbocycles. The minimum absolute atomic E-state index is 0.274. The molecule has 0 aliphatic carbocycles. The van der Waals surface area contributed by atoms with E-state index in [1.807, 2.05) is 14.0 Å².